The van der Waals surface area contributed by atoms with E-state index in [-0.39, 0.29) is 18.7 Å². The maximum atomic E-state index is 13.2. The van der Waals surface area contributed by atoms with Gasteiger partial charge in [-0.15, -0.1) is 0 Å². The molecule has 0 aromatic heterocycles. The molecule has 2 rings (SSSR count). The van der Waals surface area contributed by atoms with Crippen molar-refractivity contribution in [3.8, 4) is 5.75 Å². The summed E-state index contributed by atoms with van der Waals surface area (Å²) in [6.07, 6.45) is 0.947. The zero-order valence-corrected chi connectivity index (χ0v) is 30.3. The van der Waals surface area contributed by atoms with Gasteiger partial charge in [-0.3, -0.25) is 24.0 Å². The third-order valence-electron chi connectivity index (χ3n) is 7.17. The number of carboxylic acids is 1. The highest BCUT2D eigenvalue weighted by Crippen LogP contribution is 2.49. The Labute approximate surface area is 299 Å². The van der Waals surface area contributed by atoms with Crippen LogP contribution in [0.4, 0.5) is 0 Å². The van der Waals surface area contributed by atoms with E-state index in [0.717, 1.165) is 19.4 Å². The molecule has 0 aliphatic carbocycles. The minimum Gasteiger partial charge on any atom is -0.480 e. The fraction of sp³-hybridized carbons (Fsp3) is 0.438. The molecule has 0 saturated heterocycles. The number of phosphoric ester groups is 1. The van der Waals surface area contributed by atoms with E-state index in [1.165, 1.54) is 24.3 Å². The number of hydrogen-bond donors (Lipinski definition) is 5. The highest BCUT2D eigenvalue weighted by molar-refractivity contribution is 7.50. The highest BCUT2D eigenvalue weighted by atomic mass is 35.5. The van der Waals surface area contributed by atoms with Crippen molar-refractivity contribution >= 4 is 66.7 Å². The molecule has 2 aromatic rings. The zero-order chi connectivity index (χ0) is 37.6. The molecule has 6 N–H and O–H groups in total. The smallest absolute Gasteiger partial charge is 0.480 e. The molecule has 0 spiro atoms. The summed E-state index contributed by atoms with van der Waals surface area (Å²) in [5, 5.41) is 18.3. The lowest BCUT2D eigenvalue weighted by Crippen LogP contribution is -2.57. The van der Waals surface area contributed by atoms with Crippen molar-refractivity contribution in [3.05, 3.63) is 63.6 Å². The quantitative estimate of drug-likeness (QED) is 0.102. The molecule has 0 bridgehead atoms. The van der Waals surface area contributed by atoms with Crippen molar-refractivity contribution in [3.63, 3.8) is 0 Å². The van der Waals surface area contributed by atoms with E-state index in [0.29, 0.717) is 34.9 Å². The van der Waals surface area contributed by atoms with E-state index in [2.05, 4.69) is 25.0 Å². The molecule has 3 amide bonds. The number of aryl methyl sites for hydroxylation is 1. The second-order valence-electron chi connectivity index (χ2n) is 11.3. The van der Waals surface area contributed by atoms with Gasteiger partial charge in [0.2, 0.25) is 17.7 Å². The Hall–Kier alpha value is -4.17. The molecule has 0 aliphatic rings. The summed E-state index contributed by atoms with van der Waals surface area (Å²) in [6, 6.07) is 6.81. The van der Waals surface area contributed by atoms with E-state index in [9.17, 15) is 38.4 Å². The first-order valence-electron chi connectivity index (χ1n) is 15.5. The van der Waals surface area contributed by atoms with Crippen molar-refractivity contribution in [2.75, 3.05) is 6.54 Å². The minimum atomic E-state index is -4.59. The number of carbonyl (C=O) groups excluding carboxylic acids is 5. The Balaban J connectivity index is 1.98. The number of nitrogens with two attached hydrogens (primary N) is 1. The van der Waals surface area contributed by atoms with Crippen molar-refractivity contribution in [2.24, 2.45) is 11.7 Å². The first kappa shape index (κ1) is 42.0. The van der Waals surface area contributed by atoms with Crippen LogP contribution in [-0.4, -0.2) is 65.4 Å². The molecule has 0 aliphatic heterocycles. The zero-order valence-electron chi connectivity index (χ0n) is 27.9. The predicted molar refractivity (Wildman–Crippen MR) is 183 cm³/mol. The number of amides is 3. The topological polar surface area (TPSA) is 230 Å². The molecule has 274 valence electrons. The van der Waals surface area contributed by atoms with Crippen LogP contribution in [0.15, 0.2) is 42.5 Å². The summed E-state index contributed by atoms with van der Waals surface area (Å²) < 4.78 is 26.8. The van der Waals surface area contributed by atoms with Gasteiger partial charge in [-0.05, 0) is 60.6 Å². The summed E-state index contributed by atoms with van der Waals surface area (Å²) in [7, 11) is -4.59. The lowest BCUT2D eigenvalue weighted by Gasteiger charge is -2.26. The van der Waals surface area contributed by atoms with Crippen LogP contribution < -0.4 is 26.2 Å². The van der Waals surface area contributed by atoms with Crippen LogP contribution in [0.1, 0.15) is 58.1 Å². The fourth-order valence-electron chi connectivity index (χ4n) is 4.45. The van der Waals surface area contributed by atoms with Gasteiger partial charge in [-0.25, -0.2) is 4.79 Å². The lowest BCUT2D eigenvalue weighted by molar-refractivity contribution is -0.144. The molecule has 0 radical (unpaired) electrons. The Morgan fingerprint density at radius 2 is 1.56 bits per heavy atom. The van der Waals surface area contributed by atoms with E-state index in [4.69, 9.17) is 33.5 Å². The SMILES string of the molecule is CC[C@H](C)[C@H](NC(=O)[C@@H](N)Cc1ccc(OP(=O)(OC(C)=O)OC(C)=O)cc1)C(=O)N[C@@H](CC(=O)NCCCc1ccc(Cl)cc1Cl)C(=O)O. The van der Waals surface area contributed by atoms with Crippen LogP contribution >= 0.6 is 31.0 Å². The molecule has 0 heterocycles. The Morgan fingerprint density at radius 1 is 0.940 bits per heavy atom. The normalized spacial score (nSPS) is 13.5. The van der Waals surface area contributed by atoms with Crippen LogP contribution in [0.25, 0.3) is 0 Å². The second-order valence-corrected chi connectivity index (χ2v) is 13.6. The molecule has 0 saturated carbocycles. The number of benzene rings is 2. The minimum absolute atomic E-state index is 0.0192. The van der Waals surface area contributed by atoms with Crippen molar-refractivity contribution in [1.29, 1.82) is 0 Å². The van der Waals surface area contributed by atoms with Gasteiger partial charge in [0.05, 0.1) is 12.5 Å². The van der Waals surface area contributed by atoms with E-state index in [1.807, 2.05) is 0 Å². The second kappa shape index (κ2) is 19.9. The number of hydrogen-bond acceptors (Lipinski definition) is 11. The maximum Gasteiger partial charge on any atom is 0.651 e. The Kier molecular flexibility index (Phi) is 16.7. The van der Waals surface area contributed by atoms with E-state index >= 15 is 0 Å². The average Bonchev–Trinajstić information content (AvgIpc) is 3.01. The van der Waals surface area contributed by atoms with Crippen molar-refractivity contribution in [1.82, 2.24) is 16.0 Å². The number of rotatable bonds is 19. The molecular weight excluding hydrogens is 718 g/mol. The van der Waals surface area contributed by atoms with Gasteiger partial charge in [0, 0.05) is 30.4 Å². The van der Waals surface area contributed by atoms with Crippen LogP contribution in [0.3, 0.4) is 0 Å². The largest absolute Gasteiger partial charge is 0.651 e. The van der Waals surface area contributed by atoms with Crippen LogP contribution in [-0.2, 0) is 55.2 Å². The summed E-state index contributed by atoms with van der Waals surface area (Å²) in [5.74, 6) is -6.04. The molecule has 0 fully saturated rings. The number of nitrogens with one attached hydrogen (secondary N) is 3. The van der Waals surface area contributed by atoms with Crippen LogP contribution in [0.2, 0.25) is 10.0 Å². The van der Waals surface area contributed by atoms with Gasteiger partial charge >= 0.3 is 25.7 Å². The lowest BCUT2D eigenvalue weighted by atomic mass is 9.96. The van der Waals surface area contributed by atoms with Crippen LogP contribution in [0.5, 0.6) is 5.75 Å². The first-order valence-corrected chi connectivity index (χ1v) is 17.7. The van der Waals surface area contributed by atoms with E-state index in [1.54, 1.807) is 32.0 Å². The summed E-state index contributed by atoms with van der Waals surface area (Å²) >= 11 is 12.1. The van der Waals surface area contributed by atoms with Gasteiger partial charge in [0.15, 0.2) is 0 Å². The van der Waals surface area contributed by atoms with Gasteiger partial charge in [0.25, 0.3) is 0 Å². The van der Waals surface area contributed by atoms with Gasteiger partial charge < -0.3 is 40.4 Å². The number of phosphoric acid groups is 1. The predicted octanol–water partition coefficient (Wildman–Crippen LogP) is 3.72. The number of carboxylic acid groups (broad SMARTS) is 1. The third kappa shape index (κ3) is 14.4. The Bertz CT molecular complexity index is 1570. The van der Waals surface area contributed by atoms with Crippen LogP contribution in [0, 0.1) is 5.92 Å². The number of carbonyl (C=O) groups is 6. The summed E-state index contributed by atoms with van der Waals surface area (Å²) in [4.78, 5) is 73.3. The third-order valence-corrected chi connectivity index (χ3v) is 9.15. The maximum absolute atomic E-state index is 13.2. The summed E-state index contributed by atoms with van der Waals surface area (Å²) in [5.41, 5.74) is 7.48. The summed E-state index contributed by atoms with van der Waals surface area (Å²) in [6.45, 7) is 5.62. The van der Waals surface area contributed by atoms with E-state index < -0.39 is 73.9 Å². The number of halogens is 2. The molecule has 4 atom stereocenters. The first-order chi connectivity index (χ1) is 23.4. The Morgan fingerprint density at radius 3 is 2.10 bits per heavy atom. The van der Waals surface area contributed by atoms with Crippen molar-refractivity contribution < 1.29 is 52.0 Å². The molecule has 0 unspecified atom stereocenters. The fourth-order valence-corrected chi connectivity index (χ4v) is 6.07. The molecule has 50 heavy (non-hydrogen) atoms. The van der Waals surface area contributed by atoms with Gasteiger partial charge in [0.1, 0.15) is 17.8 Å². The molecular formula is C32H41Cl2N4O11P. The van der Waals surface area contributed by atoms with Crippen molar-refractivity contribution in [2.45, 2.75) is 77.9 Å². The standard InChI is InChI=1S/C32H41Cl2N4O11P/c1-5-18(2)29(31(43)37-27(32(44)45)17-28(41)36-14-6-7-22-10-11-23(33)16-25(22)34)38-30(42)26(35)15-21-8-12-24(13-9-21)49-50(46,47-19(3)39)48-20(4)40/h8-13,16,18,26-27,29H,5-7,14-15,17,35H2,1-4H3,(H,36,41)(H,37,43)(H,38,42)(H,44,45)/t18-,26-,27-,29-/m0/s1. The highest BCUT2D eigenvalue weighted by Gasteiger charge is 2.36. The van der Waals surface area contributed by atoms with Gasteiger partial charge in [-0.1, -0.05) is 61.7 Å². The van der Waals surface area contributed by atoms with Gasteiger partial charge in [-0.2, -0.15) is 4.57 Å². The molecule has 2 aromatic carbocycles. The monoisotopic (exact) mass is 758 g/mol. The molecule has 15 nitrogen and oxygen atoms in total. The average molecular weight is 760 g/mol. The number of aliphatic carboxylic acids is 1. The molecule has 18 heteroatoms.